The molecule has 0 aromatic heterocycles. The topological polar surface area (TPSA) is 40.9 Å². The number of ketones is 1. The summed E-state index contributed by atoms with van der Waals surface area (Å²) in [4.78, 5) is 11.1. The van der Waals surface area contributed by atoms with Crippen molar-refractivity contribution in [1.82, 2.24) is 0 Å². The standard InChI is InChI=1S/C13H15NO/c1-11(14)13(15)10-6-5-9-12-7-3-2-4-8-12/h2-5,7-9,14H,6,10H2,1H3. The number of hydrogen-bond donors (Lipinski definition) is 1. The van der Waals surface area contributed by atoms with Crippen molar-refractivity contribution in [3.05, 3.63) is 42.0 Å². The second-order valence-electron chi connectivity index (χ2n) is 3.40. The zero-order chi connectivity index (χ0) is 11.1. The fraction of sp³-hybridized carbons (Fsp3) is 0.231. The third-order valence-corrected chi connectivity index (χ3v) is 2.07. The van der Waals surface area contributed by atoms with Crippen LogP contribution in [0.5, 0.6) is 0 Å². The largest absolute Gasteiger partial charge is 0.302 e. The van der Waals surface area contributed by atoms with Gasteiger partial charge < -0.3 is 5.41 Å². The highest BCUT2D eigenvalue weighted by atomic mass is 16.1. The van der Waals surface area contributed by atoms with Gasteiger partial charge in [0.1, 0.15) is 0 Å². The molecule has 0 saturated heterocycles. The van der Waals surface area contributed by atoms with E-state index in [9.17, 15) is 4.79 Å². The molecule has 0 aliphatic rings. The van der Waals surface area contributed by atoms with E-state index in [1.165, 1.54) is 6.92 Å². The van der Waals surface area contributed by atoms with Crippen LogP contribution in [-0.2, 0) is 4.79 Å². The molecule has 0 spiro atoms. The lowest BCUT2D eigenvalue weighted by atomic mass is 10.1. The quantitative estimate of drug-likeness (QED) is 0.731. The molecule has 0 aliphatic carbocycles. The summed E-state index contributed by atoms with van der Waals surface area (Å²) in [6.07, 6.45) is 5.09. The average molecular weight is 201 g/mol. The van der Waals surface area contributed by atoms with Gasteiger partial charge in [0.25, 0.3) is 0 Å². The monoisotopic (exact) mass is 201 g/mol. The van der Waals surface area contributed by atoms with Crippen LogP contribution in [0.2, 0.25) is 0 Å². The Balaban J connectivity index is 2.35. The van der Waals surface area contributed by atoms with Crippen LogP contribution in [0.3, 0.4) is 0 Å². The molecule has 15 heavy (non-hydrogen) atoms. The Morgan fingerprint density at radius 2 is 2.00 bits per heavy atom. The van der Waals surface area contributed by atoms with E-state index >= 15 is 0 Å². The first-order valence-corrected chi connectivity index (χ1v) is 5.00. The van der Waals surface area contributed by atoms with Crippen molar-refractivity contribution in [3.8, 4) is 0 Å². The molecule has 2 heteroatoms. The first-order valence-electron chi connectivity index (χ1n) is 5.00. The molecule has 1 N–H and O–H groups in total. The molecule has 0 saturated carbocycles. The molecule has 1 aromatic rings. The van der Waals surface area contributed by atoms with E-state index in [2.05, 4.69) is 0 Å². The highest BCUT2D eigenvalue weighted by Crippen LogP contribution is 2.03. The average Bonchev–Trinajstić information content (AvgIpc) is 2.25. The first-order chi connectivity index (χ1) is 7.20. The second-order valence-corrected chi connectivity index (χ2v) is 3.40. The van der Waals surface area contributed by atoms with Crippen molar-refractivity contribution in [2.45, 2.75) is 19.8 Å². The van der Waals surface area contributed by atoms with Gasteiger partial charge >= 0.3 is 0 Å². The lowest BCUT2D eigenvalue weighted by Crippen LogP contribution is -2.06. The molecule has 1 rings (SSSR count). The van der Waals surface area contributed by atoms with E-state index < -0.39 is 0 Å². The van der Waals surface area contributed by atoms with Gasteiger partial charge in [-0.25, -0.2) is 0 Å². The first kappa shape index (κ1) is 11.4. The van der Waals surface area contributed by atoms with Gasteiger partial charge in [0, 0.05) is 6.42 Å². The van der Waals surface area contributed by atoms with Gasteiger partial charge in [-0.2, -0.15) is 0 Å². The number of nitrogens with one attached hydrogen (secondary N) is 1. The van der Waals surface area contributed by atoms with Gasteiger partial charge in [-0.15, -0.1) is 0 Å². The molecule has 0 aliphatic heterocycles. The zero-order valence-corrected chi connectivity index (χ0v) is 8.86. The van der Waals surface area contributed by atoms with Gasteiger partial charge in [-0.3, -0.25) is 4.79 Å². The van der Waals surface area contributed by atoms with Gasteiger partial charge in [-0.1, -0.05) is 42.5 Å². The van der Waals surface area contributed by atoms with Crippen molar-refractivity contribution in [2.75, 3.05) is 0 Å². The summed E-state index contributed by atoms with van der Waals surface area (Å²) in [6.45, 7) is 1.53. The van der Waals surface area contributed by atoms with E-state index in [0.717, 1.165) is 5.56 Å². The van der Waals surface area contributed by atoms with Crippen molar-refractivity contribution in [2.24, 2.45) is 0 Å². The van der Waals surface area contributed by atoms with Crippen molar-refractivity contribution in [3.63, 3.8) is 0 Å². The third-order valence-electron chi connectivity index (χ3n) is 2.07. The van der Waals surface area contributed by atoms with Crippen molar-refractivity contribution < 1.29 is 4.79 Å². The van der Waals surface area contributed by atoms with Gasteiger partial charge in [-0.05, 0) is 18.9 Å². The summed E-state index contributed by atoms with van der Waals surface area (Å²) in [5.74, 6) is -0.0762. The van der Waals surface area contributed by atoms with E-state index in [-0.39, 0.29) is 11.5 Å². The predicted molar refractivity (Wildman–Crippen MR) is 63.1 cm³/mol. The molecule has 0 radical (unpaired) electrons. The van der Waals surface area contributed by atoms with Crippen molar-refractivity contribution >= 4 is 17.6 Å². The zero-order valence-electron chi connectivity index (χ0n) is 8.86. The Kier molecular flexibility index (Phi) is 4.48. The van der Waals surface area contributed by atoms with Crippen LogP contribution < -0.4 is 0 Å². The number of allylic oxidation sites excluding steroid dienone is 1. The number of rotatable bonds is 5. The maximum atomic E-state index is 11.1. The molecule has 78 valence electrons. The van der Waals surface area contributed by atoms with Crippen LogP contribution in [0.25, 0.3) is 6.08 Å². The maximum Gasteiger partial charge on any atom is 0.176 e. The highest BCUT2D eigenvalue weighted by Gasteiger charge is 2.00. The minimum Gasteiger partial charge on any atom is -0.302 e. The van der Waals surface area contributed by atoms with Crippen LogP contribution >= 0.6 is 0 Å². The van der Waals surface area contributed by atoms with Gasteiger partial charge in [0.15, 0.2) is 5.78 Å². The highest BCUT2D eigenvalue weighted by molar-refractivity contribution is 6.37. The van der Waals surface area contributed by atoms with E-state index in [0.29, 0.717) is 12.8 Å². The molecular weight excluding hydrogens is 186 g/mol. The molecule has 0 heterocycles. The van der Waals surface area contributed by atoms with Crippen LogP contribution in [0.4, 0.5) is 0 Å². The molecule has 0 fully saturated rings. The molecule has 0 amide bonds. The minimum absolute atomic E-state index is 0.0762. The normalized spacial score (nSPS) is 10.5. The SMILES string of the molecule is CC(=N)C(=O)CCC=Cc1ccccc1. The second kappa shape index (κ2) is 5.91. The van der Waals surface area contributed by atoms with E-state index in [4.69, 9.17) is 5.41 Å². The Morgan fingerprint density at radius 1 is 1.33 bits per heavy atom. The predicted octanol–water partition coefficient (Wildman–Crippen LogP) is 3.09. The molecule has 0 unspecified atom stereocenters. The summed E-state index contributed by atoms with van der Waals surface area (Å²) >= 11 is 0. The van der Waals surface area contributed by atoms with Crippen LogP contribution in [0.15, 0.2) is 36.4 Å². The van der Waals surface area contributed by atoms with Crippen LogP contribution in [-0.4, -0.2) is 11.5 Å². The molecule has 0 bridgehead atoms. The Bertz CT molecular complexity index is 365. The van der Waals surface area contributed by atoms with E-state index in [1.807, 2.05) is 42.5 Å². The van der Waals surface area contributed by atoms with Crippen molar-refractivity contribution in [1.29, 1.82) is 5.41 Å². The Morgan fingerprint density at radius 3 is 2.60 bits per heavy atom. The van der Waals surface area contributed by atoms with Crippen LogP contribution in [0.1, 0.15) is 25.3 Å². The number of hydrogen-bond acceptors (Lipinski definition) is 2. The lowest BCUT2D eigenvalue weighted by molar-refractivity contribution is -0.113. The lowest BCUT2D eigenvalue weighted by Gasteiger charge is -1.94. The van der Waals surface area contributed by atoms with Gasteiger partial charge in [0.05, 0.1) is 5.71 Å². The Labute approximate surface area is 90.1 Å². The van der Waals surface area contributed by atoms with Gasteiger partial charge in [0.2, 0.25) is 0 Å². The summed E-state index contributed by atoms with van der Waals surface area (Å²) in [5, 5.41) is 7.13. The molecular formula is C13H15NO. The summed E-state index contributed by atoms with van der Waals surface area (Å²) in [5.41, 5.74) is 1.28. The maximum absolute atomic E-state index is 11.1. The summed E-state index contributed by atoms with van der Waals surface area (Å²) in [7, 11) is 0. The summed E-state index contributed by atoms with van der Waals surface area (Å²) < 4.78 is 0. The fourth-order valence-corrected chi connectivity index (χ4v) is 1.19. The number of benzene rings is 1. The Hall–Kier alpha value is -1.70. The van der Waals surface area contributed by atoms with Crippen LogP contribution in [0, 0.1) is 5.41 Å². The third kappa shape index (κ3) is 4.36. The smallest absolute Gasteiger partial charge is 0.176 e. The number of carbonyl (C=O) groups is 1. The van der Waals surface area contributed by atoms with E-state index in [1.54, 1.807) is 0 Å². The number of carbonyl (C=O) groups excluding carboxylic acids is 1. The fourth-order valence-electron chi connectivity index (χ4n) is 1.19. The molecule has 1 aromatic carbocycles. The molecule has 0 atom stereocenters. The summed E-state index contributed by atoms with van der Waals surface area (Å²) in [6, 6.07) is 9.96. The molecule has 2 nitrogen and oxygen atoms in total. The minimum atomic E-state index is -0.0762. The number of Topliss-reactive ketones (excluding diaryl/α,β-unsaturated/α-hetero) is 1.